The largest absolute Gasteiger partial charge is 0.298 e. The molecule has 1 aromatic heterocycles. The van der Waals surface area contributed by atoms with Crippen LogP contribution in [0.3, 0.4) is 0 Å². The van der Waals surface area contributed by atoms with E-state index in [0.29, 0.717) is 23.0 Å². The zero-order valence-corrected chi connectivity index (χ0v) is 16.8. The Labute approximate surface area is 170 Å². The van der Waals surface area contributed by atoms with Gasteiger partial charge in [0.2, 0.25) is 0 Å². The molecule has 0 aliphatic heterocycles. The number of ketones is 1. The first kappa shape index (κ1) is 20.3. The van der Waals surface area contributed by atoms with Gasteiger partial charge in [-0.2, -0.15) is 5.26 Å². The minimum Gasteiger partial charge on any atom is -0.298 e. The van der Waals surface area contributed by atoms with Crippen molar-refractivity contribution in [2.75, 3.05) is 0 Å². The van der Waals surface area contributed by atoms with Gasteiger partial charge in [-0.3, -0.25) is 14.2 Å². The summed E-state index contributed by atoms with van der Waals surface area (Å²) < 4.78 is 1.48. The standard InChI is InChI=1S/C22H24ClN3O2/c1-2-3-4-5-20-25-19(16-6-8-17(23)9-7-16)12-21(28)26(20)14-18(27)13-22(15-24)10-11-22/h6-9,12H,2-5,10-11,13-14H2,1H3. The summed E-state index contributed by atoms with van der Waals surface area (Å²) in [6, 6.07) is 10.9. The molecular formula is C22H24ClN3O2. The highest BCUT2D eigenvalue weighted by Gasteiger charge is 2.44. The van der Waals surface area contributed by atoms with Crippen LogP contribution < -0.4 is 5.56 Å². The average Bonchev–Trinajstić information content (AvgIpc) is 3.44. The fourth-order valence-corrected chi connectivity index (χ4v) is 3.43. The number of halogens is 1. The molecule has 28 heavy (non-hydrogen) atoms. The first-order chi connectivity index (χ1) is 13.5. The molecule has 0 spiro atoms. The van der Waals surface area contributed by atoms with Crippen molar-refractivity contribution in [3.63, 3.8) is 0 Å². The number of benzene rings is 1. The Kier molecular flexibility index (Phi) is 6.31. The molecule has 0 bridgehead atoms. The van der Waals surface area contributed by atoms with E-state index >= 15 is 0 Å². The molecule has 1 aliphatic rings. The summed E-state index contributed by atoms with van der Waals surface area (Å²) in [6.07, 6.45) is 5.38. The van der Waals surface area contributed by atoms with E-state index in [9.17, 15) is 14.9 Å². The second-order valence-electron chi connectivity index (χ2n) is 7.55. The van der Waals surface area contributed by atoms with Crippen LogP contribution in [0.5, 0.6) is 0 Å². The fourth-order valence-electron chi connectivity index (χ4n) is 3.30. The smallest absolute Gasteiger partial charge is 0.254 e. The normalized spacial score (nSPS) is 14.5. The van der Waals surface area contributed by atoms with E-state index in [0.717, 1.165) is 37.7 Å². The van der Waals surface area contributed by atoms with Crippen LogP contribution in [0.25, 0.3) is 11.3 Å². The van der Waals surface area contributed by atoms with Crippen LogP contribution in [0.15, 0.2) is 35.1 Å². The lowest BCUT2D eigenvalue weighted by molar-refractivity contribution is -0.120. The molecule has 0 N–H and O–H groups in total. The van der Waals surface area contributed by atoms with Crippen LogP contribution in [-0.2, 0) is 17.8 Å². The minimum atomic E-state index is -0.500. The van der Waals surface area contributed by atoms with Gasteiger partial charge in [-0.1, -0.05) is 43.5 Å². The number of hydrogen-bond donors (Lipinski definition) is 0. The Morgan fingerprint density at radius 2 is 2.00 bits per heavy atom. The monoisotopic (exact) mass is 397 g/mol. The van der Waals surface area contributed by atoms with Crippen molar-refractivity contribution in [2.24, 2.45) is 5.41 Å². The summed E-state index contributed by atoms with van der Waals surface area (Å²) in [5, 5.41) is 9.84. The second kappa shape index (κ2) is 8.70. The van der Waals surface area contributed by atoms with E-state index in [2.05, 4.69) is 13.0 Å². The Bertz CT molecular complexity index is 953. The molecule has 3 rings (SSSR count). The summed E-state index contributed by atoms with van der Waals surface area (Å²) in [7, 11) is 0. The van der Waals surface area contributed by atoms with Crippen LogP contribution >= 0.6 is 11.6 Å². The van der Waals surface area contributed by atoms with Gasteiger partial charge in [0.15, 0.2) is 5.78 Å². The van der Waals surface area contributed by atoms with Gasteiger partial charge in [-0.25, -0.2) is 4.98 Å². The van der Waals surface area contributed by atoms with Gasteiger partial charge in [0.1, 0.15) is 5.82 Å². The first-order valence-corrected chi connectivity index (χ1v) is 10.1. The van der Waals surface area contributed by atoms with Gasteiger partial charge >= 0.3 is 0 Å². The van der Waals surface area contributed by atoms with Crippen LogP contribution in [-0.4, -0.2) is 15.3 Å². The van der Waals surface area contributed by atoms with Crippen molar-refractivity contribution >= 4 is 17.4 Å². The van der Waals surface area contributed by atoms with E-state index in [1.165, 1.54) is 10.6 Å². The van der Waals surface area contributed by atoms with Gasteiger partial charge in [0.25, 0.3) is 5.56 Å². The van der Waals surface area contributed by atoms with Gasteiger partial charge < -0.3 is 0 Å². The lowest BCUT2D eigenvalue weighted by atomic mass is 10.0. The number of unbranched alkanes of at least 4 members (excludes halogenated alkanes) is 2. The zero-order chi connectivity index (χ0) is 20.1. The molecule has 0 radical (unpaired) electrons. The molecule has 1 saturated carbocycles. The van der Waals surface area contributed by atoms with E-state index in [-0.39, 0.29) is 24.3 Å². The molecule has 0 atom stereocenters. The SMILES string of the molecule is CCCCCc1nc(-c2ccc(Cl)cc2)cc(=O)n1CC(=O)CC1(C#N)CC1. The van der Waals surface area contributed by atoms with Crippen LogP contribution in [0, 0.1) is 16.7 Å². The molecule has 0 unspecified atom stereocenters. The van der Waals surface area contributed by atoms with Crippen molar-refractivity contribution in [3.8, 4) is 17.3 Å². The fraction of sp³-hybridized carbons (Fsp3) is 0.455. The summed E-state index contributed by atoms with van der Waals surface area (Å²) in [5.41, 5.74) is 0.673. The van der Waals surface area contributed by atoms with Gasteiger partial charge in [-0.15, -0.1) is 0 Å². The summed E-state index contributed by atoms with van der Waals surface area (Å²) in [6.45, 7) is 2.10. The number of aromatic nitrogens is 2. The highest BCUT2D eigenvalue weighted by Crippen LogP contribution is 2.48. The maximum Gasteiger partial charge on any atom is 0.254 e. The lowest BCUT2D eigenvalue weighted by Crippen LogP contribution is -2.29. The van der Waals surface area contributed by atoms with Crippen molar-refractivity contribution < 1.29 is 4.79 Å². The molecule has 146 valence electrons. The van der Waals surface area contributed by atoms with E-state index in [1.54, 1.807) is 12.1 Å². The van der Waals surface area contributed by atoms with Crippen LogP contribution in [0.2, 0.25) is 5.02 Å². The Hall–Kier alpha value is -2.45. The molecule has 1 fully saturated rings. The maximum atomic E-state index is 12.8. The first-order valence-electron chi connectivity index (χ1n) is 9.76. The average molecular weight is 398 g/mol. The Morgan fingerprint density at radius 3 is 2.61 bits per heavy atom. The topological polar surface area (TPSA) is 75.8 Å². The van der Waals surface area contributed by atoms with Gasteiger partial charge in [-0.05, 0) is 31.4 Å². The number of nitrogens with zero attached hydrogens (tertiary/aromatic N) is 3. The van der Waals surface area contributed by atoms with Gasteiger partial charge in [0.05, 0.1) is 23.7 Å². The molecule has 0 amide bonds. The number of rotatable bonds is 9. The molecule has 1 heterocycles. The molecule has 6 heteroatoms. The van der Waals surface area contributed by atoms with Crippen molar-refractivity contribution in [1.82, 2.24) is 9.55 Å². The predicted molar refractivity (Wildman–Crippen MR) is 109 cm³/mol. The maximum absolute atomic E-state index is 12.8. The zero-order valence-electron chi connectivity index (χ0n) is 16.1. The Morgan fingerprint density at radius 1 is 1.29 bits per heavy atom. The lowest BCUT2D eigenvalue weighted by Gasteiger charge is -2.14. The Balaban J connectivity index is 1.89. The number of hydrogen-bond acceptors (Lipinski definition) is 4. The summed E-state index contributed by atoms with van der Waals surface area (Å²) in [4.78, 5) is 30.0. The quantitative estimate of drug-likeness (QED) is 0.581. The molecule has 1 aromatic carbocycles. The summed E-state index contributed by atoms with van der Waals surface area (Å²) >= 11 is 5.95. The van der Waals surface area contributed by atoms with E-state index in [1.807, 2.05) is 12.1 Å². The highest BCUT2D eigenvalue weighted by atomic mass is 35.5. The third kappa shape index (κ3) is 4.88. The second-order valence-corrected chi connectivity index (χ2v) is 7.99. The molecular weight excluding hydrogens is 374 g/mol. The van der Waals surface area contributed by atoms with E-state index < -0.39 is 5.41 Å². The molecule has 5 nitrogen and oxygen atoms in total. The number of carbonyl (C=O) groups excluding carboxylic acids is 1. The van der Waals surface area contributed by atoms with Crippen molar-refractivity contribution in [3.05, 3.63) is 51.5 Å². The summed E-state index contributed by atoms with van der Waals surface area (Å²) in [5.74, 6) is 0.542. The third-order valence-electron chi connectivity index (χ3n) is 5.19. The van der Waals surface area contributed by atoms with Crippen LogP contribution in [0.1, 0.15) is 51.3 Å². The number of aryl methyl sites for hydroxylation is 1. The molecule has 1 aliphatic carbocycles. The molecule has 2 aromatic rings. The van der Waals surface area contributed by atoms with Crippen molar-refractivity contribution in [2.45, 2.75) is 58.4 Å². The van der Waals surface area contributed by atoms with Gasteiger partial charge in [0, 0.05) is 29.5 Å². The minimum absolute atomic E-state index is 0.0163. The number of carbonyl (C=O) groups is 1. The molecule has 0 saturated heterocycles. The highest BCUT2D eigenvalue weighted by molar-refractivity contribution is 6.30. The predicted octanol–water partition coefficient (Wildman–Crippen LogP) is 4.56. The number of Topliss-reactive ketones (excluding diaryl/α,β-unsaturated/α-hetero) is 1. The third-order valence-corrected chi connectivity index (χ3v) is 5.44. The van der Waals surface area contributed by atoms with Crippen molar-refractivity contribution in [1.29, 1.82) is 5.26 Å². The van der Waals surface area contributed by atoms with E-state index in [4.69, 9.17) is 16.6 Å². The van der Waals surface area contributed by atoms with Crippen LogP contribution in [0.4, 0.5) is 0 Å². The number of nitriles is 1.